The lowest BCUT2D eigenvalue weighted by molar-refractivity contribution is -0.200. The van der Waals surface area contributed by atoms with E-state index in [1.165, 1.54) is 6.07 Å². The van der Waals surface area contributed by atoms with Crippen LogP contribution in [0, 0.1) is 0 Å². The molecule has 0 spiro atoms. The lowest BCUT2D eigenvalue weighted by Crippen LogP contribution is -2.69. The number of imide groups is 1. The Hall–Kier alpha value is -3.30. The summed E-state index contributed by atoms with van der Waals surface area (Å²) >= 11 is 0. The highest BCUT2D eigenvalue weighted by Gasteiger charge is 2.68. The summed E-state index contributed by atoms with van der Waals surface area (Å²) in [6.07, 6.45) is -4.00. The van der Waals surface area contributed by atoms with Crippen molar-refractivity contribution in [3.8, 4) is 0 Å². The summed E-state index contributed by atoms with van der Waals surface area (Å²) < 4.78 is 45.8. The van der Waals surface area contributed by atoms with Crippen molar-refractivity contribution in [2.75, 3.05) is 6.54 Å². The third-order valence-electron chi connectivity index (χ3n) is 4.04. The van der Waals surface area contributed by atoms with Crippen molar-refractivity contribution in [3.63, 3.8) is 0 Å². The van der Waals surface area contributed by atoms with E-state index in [2.05, 4.69) is 0 Å². The summed E-state index contributed by atoms with van der Waals surface area (Å²) in [5.74, 6) is -3.31. The van der Waals surface area contributed by atoms with Crippen LogP contribution >= 0.6 is 0 Å². The minimum absolute atomic E-state index is 0.167. The van der Waals surface area contributed by atoms with Crippen LogP contribution in [-0.2, 0) is 11.2 Å². The van der Waals surface area contributed by atoms with Crippen LogP contribution in [0.25, 0.3) is 0 Å². The number of alkyl halides is 3. The van der Waals surface area contributed by atoms with E-state index in [9.17, 15) is 27.6 Å². The van der Waals surface area contributed by atoms with Crippen LogP contribution in [0.1, 0.15) is 16.1 Å². The molecule has 1 aliphatic heterocycles. The molecule has 1 aliphatic rings. The van der Waals surface area contributed by atoms with E-state index in [0.717, 1.165) is 17.9 Å². The summed E-state index contributed by atoms with van der Waals surface area (Å²) in [5.41, 5.74) is -2.81. The summed E-state index contributed by atoms with van der Waals surface area (Å²) in [6, 6.07) is 9.84. The van der Waals surface area contributed by atoms with Crippen molar-refractivity contribution in [3.05, 3.63) is 60.1 Å². The molecule has 3 rings (SSSR count). The van der Waals surface area contributed by atoms with Crippen LogP contribution in [0.4, 0.5) is 18.0 Å². The number of carbonyl (C=O) groups is 3. The van der Waals surface area contributed by atoms with Gasteiger partial charge in [-0.05, 0) is 24.1 Å². The first-order chi connectivity index (χ1) is 12.7. The molecule has 27 heavy (non-hydrogen) atoms. The van der Waals surface area contributed by atoms with Crippen LogP contribution in [0.15, 0.2) is 53.1 Å². The molecule has 0 bridgehead atoms. The van der Waals surface area contributed by atoms with Gasteiger partial charge in [-0.25, -0.2) is 4.79 Å². The average Bonchev–Trinajstić information content (AvgIpc) is 3.22. The van der Waals surface area contributed by atoms with Gasteiger partial charge < -0.3 is 9.73 Å². The molecule has 0 saturated carbocycles. The quantitative estimate of drug-likeness (QED) is 0.776. The Labute approximate surface area is 151 Å². The standard InChI is InChI=1S/C17H14F3N3O4/c18-17(19,20)16(21-13(24)12-7-4-10-27-12)14(25)23(15(26)22-16)9-8-11-5-2-1-3-6-11/h1-7,10H,8-9H2,(H,21,24)(H,22,26). The molecule has 1 atom stereocenters. The Balaban J connectivity index is 1.83. The molecule has 1 fully saturated rings. The molecular formula is C17H14F3N3O4. The first-order valence-corrected chi connectivity index (χ1v) is 7.85. The number of halogens is 3. The van der Waals surface area contributed by atoms with E-state index in [4.69, 9.17) is 4.42 Å². The number of hydrogen-bond acceptors (Lipinski definition) is 4. The van der Waals surface area contributed by atoms with Crippen LogP contribution < -0.4 is 10.6 Å². The lowest BCUT2D eigenvalue weighted by Gasteiger charge is -2.29. The topological polar surface area (TPSA) is 91.7 Å². The highest BCUT2D eigenvalue weighted by Crippen LogP contribution is 2.34. The lowest BCUT2D eigenvalue weighted by atomic mass is 10.1. The fourth-order valence-electron chi connectivity index (χ4n) is 2.65. The van der Waals surface area contributed by atoms with E-state index in [-0.39, 0.29) is 13.0 Å². The number of urea groups is 1. The number of rotatable bonds is 5. The highest BCUT2D eigenvalue weighted by atomic mass is 19.4. The molecule has 1 saturated heterocycles. The molecule has 10 heteroatoms. The Morgan fingerprint density at radius 2 is 1.85 bits per heavy atom. The molecule has 1 unspecified atom stereocenters. The maximum atomic E-state index is 13.7. The van der Waals surface area contributed by atoms with Crippen LogP contribution in [0.3, 0.4) is 0 Å². The zero-order chi connectivity index (χ0) is 19.7. The molecule has 4 amide bonds. The minimum atomic E-state index is -5.26. The van der Waals surface area contributed by atoms with Gasteiger partial charge in [0.1, 0.15) is 0 Å². The Kier molecular flexibility index (Phi) is 4.64. The molecule has 1 aromatic carbocycles. The number of nitrogens with zero attached hydrogens (tertiary/aromatic N) is 1. The first kappa shape index (κ1) is 18.5. The maximum absolute atomic E-state index is 13.7. The summed E-state index contributed by atoms with van der Waals surface area (Å²) in [4.78, 5) is 37.0. The Morgan fingerprint density at radius 1 is 1.15 bits per heavy atom. The first-order valence-electron chi connectivity index (χ1n) is 7.85. The predicted molar refractivity (Wildman–Crippen MR) is 85.4 cm³/mol. The Morgan fingerprint density at radius 3 is 2.44 bits per heavy atom. The predicted octanol–water partition coefficient (Wildman–Crippen LogP) is 2.06. The van der Waals surface area contributed by atoms with Crippen molar-refractivity contribution in [2.45, 2.75) is 18.3 Å². The van der Waals surface area contributed by atoms with Gasteiger partial charge in [-0.1, -0.05) is 30.3 Å². The molecule has 142 valence electrons. The number of furan rings is 1. The van der Waals surface area contributed by atoms with Gasteiger partial charge >= 0.3 is 12.2 Å². The third kappa shape index (κ3) is 3.37. The second-order valence-electron chi connectivity index (χ2n) is 5.80. The largest absolute Gasteiger partial charge is 0.459 e. The van der Waals surface area contributed by atoms with Crippen molar-refractivity contribution < 1.29 is 32.0 Å². The zero-order valence-electron chi connectivity index (χ0n) is 13.7. The molecular weight excluding hydrogens is 367 g/mol. The van der Waals surface area contributed by atoms with Gasteiger partial charge in [0.15, 0.2) is 5.76 Å². The fraction of sp³-hybridized carbons (Fsp3) is 0.235. The van der Waals surface area contributed by atoms with Crippen LogP contribution in [0.2, 0.25) is 0 Å². The van der Waals surface area contributed by atoms with Crippen molar-refractivity contribution in [2.24, 2.45) is 0 Å². The number of carbonyl (C=O) groups excluding carboxylic acids is 3. The van der Waals surface area contributed by atoms with Crippen molar-refractivity contribution in [1.82, 2.24) is 15.5 Å². The second-order valence-corrected chi connectivity index (χ2v) is 5.80. The zero-order valence-corrected chi connectivity index (χ0v) is 13.7. The molecule has 7 nitrogen and oxygen atoms in total. The molecule has 2 aromatic rings. The van der Waals surface area contributed by atoms with Gasteiger partial charge in [0, 0.05) is 6.54 Å². The molecule has 0 aliphatic carbocycles. The number of benzene rings is 1. The van der Waals surface area contributed by atoms with Gasteiger partial charge in [0.05, 0.1) is 6.26 Å². The maximum Gasteiger partial charge on any atom is 0.440 e. The summed E-state index contributed by atoms with van der Waals surface area (Å²) in [7, 11) is 0. The van der Waals surface area contributed by atoms with Gasteiger partial charge in [-0.3, -0.25) is 19.8 Å². The van der Waals surface area contributed by atoms with E-state index in [0.29, 0.717) is 4.90 Å². The van der Waals surface area contributed by atoms with Crippen molar-refractivity contribution in [1.29, 1.82) is 0 Å². The minimum Gasteiger partial charge on any atom is -0.459 e. The van der Waals surface area contributed by atoms with Gasteiger partial charge in [0.2, 0.25) is 0 Å². The highest BCUT2D eigenvalue weighted by molar-refractivity contribution is 6.10. The fourth-order valence-corrected chi connectivity index (χ4v) is 2.65. The summed E-state index contributed by atoms with van der Waals surface area (Å²) in [5, 5.41) is 3.14. The van der Waals surface area contributed by atoms with Crippen molar-refractivity contribution >= 4 is 17.8 Å². The van der Waals surface area contributed by atoms with Gasteiger partial charge in [-0.2, -0.15) is 13.2 Å². The van der Waals surface area contributed by atoms with Crippen LogP contribution in [0.5, 0.6) is 0 Å². The Bertz CT molecular complexity index is 852. The number of hydrogen-bond donors (Lipinski definition) is 2. The molecule has 2 N–H and O–H groups in total. The monoisotopic (exact) mass is 381 g/mol. The van der Waals surface area contributed by atoms with E-state index >= 15 is 0 Å². The SMILES string of the molecule is O=C(NC1(C(F)(F)F)NC(=O)N(CCc2ccccc2)C1=O)c1ccco1. The average molecular weight is 381 g/mol. The normalized spacial score (nSPS) is 19.9. The second kappa shape index (κ2) is 6.78. The van der Waals surface area contributed by atoms with E-state index in [1.807, 2.05) is 0 Å². The number of nitrogens with one attached hydrogen (secondary N) is 2. The molecule has 2 heterocycles. The van der Waals surface area contributed by atoms with E-state index < -0.39 is 35.4 Å². The third-order valence-corrected chi connectivity index (χ3v) is 4.04. The van der Waals surface area contributed by atoms with Gasteiger partial charge in [-0.15, -0.1) is 0 Å². The van der Waals surface area contributed by atoms with Crippen LogP contribution in [-0.4, -0.2) is 41.1 Å². The number of amides is 4. The molecule has 1 aromatic heterocycles. The summed E-state index contributed by atoms with van der Waals surface area (Å²) in [6.45, 7) is -0.275. The smallest absolute Gasteiger partial charge is 0.440 e. The molecule has 0 radical (unpaired) electrons. The van der Waals surface area contributed by atoms with E-state index in [1.54, 1.807) is 41.0 Å². The van der Waals surface area contributed by atoms with Gasteiger partial charge in [0.25, 0.3) is 17.5 Å².